The Morgan fingerprint density at radius 3 is 2.67 bits per heavy atom. The first-order valence-corrected chi connectivity index (χ1v) is 6.92. The Morgan fingerprint density at radius 1 is 1.33 bits per heavy atom. The molecule has 18 heavy (non-hydrogen) atoms. The summed E-state index contributed by atoms with van der Waals surface area (Å²) in [7, 11) is 0. The van der Waals surface area contributed by atoms with Crippen LogP contribution in [0.3, 0.4) is 0 Å². The molecule has 4 unspecified atom stereocenters. The maximum absolute atomic E-state index is 10.9. The van der Waals surface area contributed by atoms with Crippen LogP contribution in [0.2, 0.25) is 0 Å². The number of fused-ring (bicyclic) bond motifs is 1. The van der Waals surface area contributed by atoms with E-state index < -0.39 is 24.4 Å². The Morgan fingerprint density at radius 2 is 2.06 bits per heavy atom. The molecule has 2 fully saturated rings. The number of carbonyl (C=O) groups is 1. The van der Waals surface area contributed by atoms with Crippen molar-refractivity contribution < 1.29 is 29.6 Å². The van der Waals surface area contributed by atoms with Crippen molar-refractivity contribution in [2.75, 3.05) is 12.4 Å². The van der Waals surface area contributed by atoms with Crippen molar-refractivity contribution in [1.29, 1.82) is 0 Å². The largest absolute Gasteiger partial charge is 0.394 e. The Balaban J connectivity index is 1.94. The zero-order valence-corrected chi connectivity index (χ0v) is 10.9. The number of ether oxygens (including phenoxy) is 2. The first kappa shape index (κ1) is 14.2. The number of aliphatic hydroxyl groups excluding tert-OH is 3. The molecule has 6 atom stereocenters. The van der Waals surface area contributed by atoms with Crippen molar-refractivity contribution in [3.8, 4) is 0 Å². The first-order chi connectivity index (χ1) is 8.52. The number of carbonyl (C=O) groups excluding carboxylic acids is 1. The monoisotopic (exact) mass is 278 g/mol. The second-order valence-corrected chi connectivity index (χ2v) is 5.83. The molecule has 0 aromatic heterocycles. The van der Waals surface area contributed by atoms with Gasteiger partial charge >= 0.3 is 0 Å². The average molecular weight is 278 g/mol. The lowest BCUT2D eigenvalue weighted by atomic mass is 9.95. The van der Waals surface area contributed by atoms with E-state index in [-0.39, 0.29) is 23.9 Å². The predicted octanol–water partition coefficient (Wildman–Crippen LogP) is -1.09. The van der Waals surface area contributed by atoms with Crippen LogP contribution in [0.5, 0.6) is 0 Å². The molecule has 0 bridgehead atoms. The zero-order chi connectivity index (χ0) is 13.3. The van der Waals surface area contributed by atoms with Crippen molar-refractivity contribution in [3.63, 3.8) is 0 Å². The van der Waals surface area contributed by atoms with Gasteiger partial charge in [-0.1, -0.05) is 11.8 Å². The lowest BCUT2D eigenvalue weighted by Gasteiger charge is -2.38. The molecule has 6 nitrogen and oxygen atoms in total. The second-order valence-electron chi connectivity index (χ2n) is 4.64. The molecular formula is C11H18O6S. The summed E-state index contributed by atoms with van der Waals surface area (Å²) in [5.74, 6) is 0.512. The van der Waals surface area contributed by atoms with Gasteiger partial charge in [0.25, 0.3) is 0 Å². The summed E-state index contributed by atoms with van der Waals surface area (Å²) in [6.07, 6.45) is -3.51. The Labute approximate surface area is 109 Å². The second kappa shape index (κ2) is 5.85. The van der Waals surface area contributed by atoms with E-state index in [2.05, 4.69) is 0 Å². The van der Waals surface area contributed by atoms with E-state index in [9.17, 15) is 15.0 Å². The molecule has 0 radical (unpaired) electrons. The third-order valence-electron chi connectivity index (χ3n) is 3.28. The van der Waals surface area contributed by atoms with Gasteiger partial charge in [0.05, 0.1) is 18.8 Å². The van der Waals surface area contributed by atoms with Gasteiger partial charge in [0.1, 0.15) is 24.4 Å². The Bertz CT molecular complexity index is 312. The summed E-state index contributed by atoms with van der Waals surface area (Å²) >= 11 is 1.17. The van der Waals surface area contributed by atoms with Crippen molar-refractivity contribution >= 4 is 16.9 Å². The number of hydrogen-bond donors (Lipinski definition) is 3. The van der Waals surface area contributed by atoms with Gasteiger partial charge in [0.2, 0.25) is 0 Å². The van der Waals surface area contributed by atoms with Crippen LogP contribution in [-0.2, 0) is 14.3 Å². The highest BCUT2D eigenvalue weighted by Crippen LogP contribution is 2.34. The van der Waals surface area contributed by atoms with E-state index in [0.29, 0.717) is 12.2 Å². The predicted molar refractivity (Wildman–Crippen MR) is 64.2 cm³/mol. The van der Waals surface area contributed by atoms with E-state index in [0.717, 1.165) is 0 Å². The molecule has 0 aromatic rings. The van der Waals surface area contributed by atoms with Crippen LogP contribution < -0.4 is 0 Å². The van der Waals surface area contributed by atoms with Crippen molar-refractivity contribution in [1.82, 2.24) is 0 Å². The smallest absolute Gasteiger partial charge is 0.185 e. The van der Waals surface area contributed by atoms with Crippen LogP contribution in [0.4, 0.5) is 0 Å². The molecule has 0 spiro atoms. The van der Waals surface area contributed by atoms with E-state index in [1.807, 2.05) is 0 Å². The van der Waals surface area contributed by atoms with Gasteiger partial charge in [-0.25, -0.2) is 0 Å². The maximum Gasteiger partial charge on any atom is 0.185 e. The molecule has 2 heterocycles. The fourth-order valence-electron chi connectivity index (χ4n) is 2.38. The van der Waals surface area contributed by atoms with Crippen LogP contribution in [0.1, 0.15) is 13.3 Å². The van der Waals surface area contributed by atoms with E-state index >= 15 is 0 Å². The molecule has 0 aromatic carbocycles. The molecule has 7 heteroatoms. The third-order valence-corrected chi connectivity index (χ3v) is 4.23. The molecule has 2 rings (SSSR count). The van der Waals surface area contributed by atoms with Crippen LogP contribution in [-0.4, -0.2) is 69.4 Å². The average Bonchev–Trinajstić information content (AvgIpc) is 2.74. The maximum atomic E-state index is 10.9. The van der Waals surface area contributed by atoms with E-state index in [4.69, 9.17) is 14.6 Å². The standard InChI is InChI=1S/C11H18O6S/c1-5(13)18-4-6-2-7-11(16-6)10(15)9(14)8(3-12)17-7/h6-12,14-15H,2-4H2,1H3/t6?,7-,8?,9+,10?,11?/m1/s1. The highest BCUT2D eigenvalue weighted by molar-refractivity contribution is 8.13. The van der Waals surface area contributed by atoms with Crippen molar-refractivity contribution in [2.45, 2.75) is 50.0 Å². The quantitative estimate of drug-likeness (QED) is 0.603. The highest BCUT2D eigenvalue weighted by Gasteiger charge is 2.49. The summed E-state index contributed by atoms with van der Waals surface area (Å²) in [5, 5.41) is 28.7. The summed E-state index contributed by atoms with van der Waals surface area (Å²) in [4.78, 5) is 10.9. The van der Waals surface area contributed by atoms with E-state index in [1.165, 1.54) is 18.7 Å². The molecule has 2 saturated heterocycles. The minimum Gasteiger partial charge on any atom is -0.394 e. The molecule has 2 aliphatic heterocycles. The van der Waals surface area contributed by atoms with Gasteiger partial charge in [-0.05, 0) is 0 Å². The SMILES string of the molecule is CC(=O)SCC1C[C@H]2OC(CO)[C@H](O)C(O)C2O1. The van der Waals surface area contributed by atoms with Gasteiger partial charge < -0.3 is 24.8 Å². The number of hydrogen-bond acceptors (Lipinski definition) is 7. The van der Waals surface area contributed by atoms with Gasteiger partial charge in [-0.15, -0.1) is 0 Å². The van der Waals surface area contributed by atoms with Crippen LogP contribution in [0.25, 0.3) is 0 Å². The molecule has 0 aliphatic carbocycles. The van der Waals surface area contributed by atoms with E-state index in [1.54, 1.807) is 0 Å². The first-order valence-electron chi connectivity index (χ1n) is 5.94. The topological polar surface area (TPSA) is 96.2 Å². The summed E-state index contributed by atoms with van der Waals surface area (Å²) in [5.41, 5.74) is 0. The number of thioether (sulfide) groups is 1. The molecule has 2 aliphatic rings. The molecular weight excluding hydrogens is 260 g/mol. The Hall–Kier alpha value is -0.180. The zero-order valence-electron chi connectivity index (χ0n) is 10.1. The lowest BCUT2D eigenvalue weighted by molar-refractivity contribution is -0.217. The van der Waals surface area contributed by atoms with Crippen LogP contribution in [0.15, 0.2) is 0 Å². The summed E-state index contributed by atoms with van der Waals surface area (Å²) in [6.45, 7) is 1.15. The minimum atomic E-state index is -1.14. The minimum absolute atomic E-state index is 0.0169. The van der Waals surface area contributed by atoms with Crippen molar-refractivity contribution in [2.24, 2.45) is 0 Å². The third kappa shape index (κ3) is 2.87. The molecule has 104 valence electrons. The van der Waals surface area contributed by atoms with Crippen molar-refractivity contribution in [3.05, 3.63) is 0 Å². The van der Waals surface area contributed by atoms with Gasteiger partial charge in [-0.2, -0.15) is 0 Å². The van der Waals surface area contributed by atoms with Gasteiger partial charge in [0.15, 0.2) is 5.12 Å². The van der Waals surface area contributed by atoms with Gasteiger partial charge in [-0.3, -0.25) is 4.79 Å². The lowest BCUT2D eigenvalue weighted by Crippen LogP contribution is -2.57. The summed E-state index contributed by atoms with van der Waals surface area (Å²) in [6, 6.07) is 0. The molecule has 3 N–H and O–H groups in total. The summed E-state index contributed by atoms with van der Waals surface area (Å²) < 4.78 is 11.1. The number of aliphatic hydroxyl groups is 3. The Kier molecular flexibility index (Phi) is 4.63. The van der Waals surface area contributed by atoms with Crippen LogP contribution in [0, 0.1) is 0 Å². The molecule has 0 amide bonds. The molecule has 0 saturated carbocycles. The number of rotatable bonds is 3. The highest BCUT2D eigenvalue weighted by atomic mass is 32.2. The van der Waals surface area contributed by atoms with Gasteiger partial charge in [0, 0.05) is 19.1 Å². The normalized spacial score (nSPS) is 43.8. The fourth-order valence-corrected chi connectivity index (χ4v) is 3.02. The fraction of sp³-hybridized carbons (Fsp3) is 0.909. The van der Waals surface area contributed by atoms with Crippen LogP contribution >= 0.6 is 11.8 Å².